The minimum atomic E-state index is -4.59. The van der Waals surface area contributed by atoms with Crippen LogP contribution < -0.4 is 0 Å². The smallest absolute Gasteiger partial charge is 0.416 e. The largest absolute Gasteiger partial charge is 0.466 e. The Kier molecular flexibility index (Phi) is 3.88. The van der Waals surface area contributed by atoms with E-state index in [4.69, 9.17) is 0 Å². The first-order valence-corrected chi connectivity index (χ1v) is 4.47. The van der Waals surface area contributed by atoms with Gasteiger partial charge in [-0.1, -0.05) is 6.07 Å². The molecular weight excluding hydrogens is 240 g/mol. The number of carbonyl (C=O) groups excluding carboxylic acids is 1. The van der Waals surface area contributed by atoms with Crippen molar-refractivity contribution >= 4 is 12.0 Å². The van der Waals surface area contributed by atoms with E-state index < -0.39 is 23.5 Å². The Morgan fingerprint density at radius 2 is 2.00 bits per heavy atom. The zero-order valence-electron chi connectivity index (χ0n) is 8.72. The lowest BCUT2D eigenvalue weighted by Crippen LogP contribution is -2.05. The molecule has 0 bridgehead atoms. The van der Waals surface area contributed by atoms with Crippen LogP contribution in [0, 0.1) is 5.82 Å². The second-order valence-electron chi connectivity index (χ2n) is 3.09. The maximum Gasteiger partial charge on any atom is 0.416 e. The van der Waals surface area contributed by atoms with Gasteiger partial charge in [0.15, 0.2) is 0 Å². The second-order valence-corrected chi connectivity index (χ2v) is 3.09. The molecule has 0 amide bonds. The number of hydrogen-bond donors (Lipinski definition) is 0. The van der Waals surface area contributed by atoms with Crippen molar-refractivity contribution in [1.29, 1.82) is 0 Å². The highest BCUT2D eigenvalue weighted by molar-refractivity contribution is 5.86. The third-order valence-electron chi connectivity index (χ3n) is 1.93. The Morgan fingerprint density at radius 1 is 1.35 bits per heavy atom. The van der Waals surface area contributed by atoms with Crippen molar-refractivity contribution in [2.45, 2.75) is 6.18 Å². The summed E-state index contributed by atoms with van der Waals surface area (Å²) in [4.78, 5) is 10.7. The van der Waals surface area contributed by atoms with Crippen LogP contribution in [0.2, 0.25) is 0 Å². The highest BCUT2D eigenvalue weighted by Crippen LogP contribution is 2.30. The van der Waals surface area contributed by atoms with E-state index in [1.165, 1.54) is 0 Å². The summed E-state index contributed by atoms with van der Waals surface area (Å²) in [5.74, 6) is -1.77. The molecule has 1 aromatic rings. The predicted octanol–water partition coefficient (Wildman–Crippen LogP) is 3.03. The fraction of sp³-hybridized carbons (Fsp3) is 0.182. The van der Waals surface area contributed by atoms with Gasteiger partial charge < -0.3 is 4.74 Å². The van der Waals surface area contributed by atoms with E-state index >= 15 is 0 Å². The van der Waals surface area contributed by atoms with Gasteiger partial charge in [-0.25, -0.2) is 9.18 Å². The number of rotatable bonds is 2. The summed E-state index contributed by atoms with van der Waals surface area (Å²) in [6.07, 6.45) is -2.63. The van der Waals surface area contributed by atoms with Crippen molar-refractivity contribution in [3.05, 3.63) is 41.2 Å². The summed E-state index contributed by atoms with van der Waals surface area (Å²) >= 11 is 0. The van der Waals surface area contributed by atoms with E-state index in [9.17, 15) is 22.4 Å². The van der Waals surface area contributed by atoms with Gasteiger partial charge in [0.25, 0.3) is 0 Å². The molecule has 0 aliphatic rings. The van der Waals surface area contributed by atoms with E-state index in [1.54, 1.807) is 0 Å². The van der Waals surface area contributed by atoms with Crippen molar-refractivity contribution in [3.63, 3.8) is 0 Å². The Balaban J connectivity index is 2.99. The summed E-state index contributed by atoms with van der Waals surface area (Å²) in [7, 11) is 1.13. The van der Waals surface area contributed by atoms with E-state index in [2.05, 4.69) is 4.74 Å². The topological polar surface area (TPSA) is 26.3 Å². The summed E-state index contributed by atoms with van der Waals surface area (Å²) in [5, 5.41) is 0. The molecule has 0 heterocycles. The van der Waals surface area contributed by atoms with E-state index in [0.29, 0.717) is 6.07 Å². The number of ether oxygens (including phenoxy) is 1. The molecule has 0 fully saturated rings. The lowest BCUT2D eigenvalue weighted by molar-refractivity contribution is -0.138. The van der Waals surface area contributed by atoms with Crippen molar-refractivity contribution in [1.82, 2.24) is 0 Å². The lowest BCUT2D eigenvalue weighted by Gasteiger charge is -2.07. The number of carbonyl (C=O) groups is 1. The second kappa shape index (κ2) is 4.99. The van der Waals surface area contributed by atoms with E-state index in [1.807, 2.05) is 0 Å². The highest BCUT2D eigenvalue weighted by Gasteiger charge is 2.30. The number of benzene rings is 1. The van der Waals surface area contributed by atoms with Crippen LogP contribution in [-0.4, -0.2) is 13.1 Å². The first-order valence-electron chi connectivity index (χ1n) is 4.47. The van der Waals surface area contributed by atoms with E-state index in [0.717, 1.165) is 31.4 Å². The molecule has 1 aromatic carbocycles. The Hall–Kier alpha value is -1.85. The van der Waals surface area contributed by atoms with Gasteiger partial charge in [-0.05, 0) is 18.2 Å². The summed E-state index contributed by atoms with van der Waals surface area (Å²) in [6, 6.07) is 2.05. The van der Waals surface area contributed by atoms with Crippen LogP contribution in [0.25, 0.3) is 6.08 Å². The zero-order chi connectivity index (χ0) is 13.1. The highest BCUT2D eigenvalue weighted by atomic mass is 19.4. The molecule has 0 radical (unpaired) electrons. The minimum absolute atomic E-state index is 0.122. The standard InChI is InChI=1S/C11H8F4O2/c1-17-10(16)5-3-7-2-4-8(6-9(7)12)11(13,14)15/h2-6H,1H3/b5-3+. The third kappa shape index (κ3) is 3.58. The predicted molar refractivity (Wildman–Crippen MR) is 52.5 cm³/mol. The van der Waals surface area contributed by atoms with Crippen LogP contribution in [0.5, 0.6) is 0 Å². The van der Waals surface area contributed by atoms with Crippen LogP contribution >= 0.6 is 0 Å². The van der Waals surface area contributed by atoms with Gasteiger partial charge in [-0.3, -0.25) is 0 Å². The fourth-order valence-electron chi connectivity index (χ4n) is 1.06. The van der Waals surface area contributed by atoms with Crippen LogP contribution in [0.1, 0.15) is 11.1 Å². The molecule has 92 valence electrons. The van der Waals surface area contributed by atoms with Gasteiger partial charge in [0.2, 0.25) is 0 Å². The average molecular weight is 248 g/mol. The van der Waals surface area contributed by atoms with Gasteiger partial charge in [0.05, 0.1) is 12.7 Å². The van der Waals surface area contributed by atoms with Crippen LogP contribution in [0.4, 0.5) is 17.6 Å². The minimum Gasteiger partial charge on any atom is -0.466 e. The zero-order valence-corrected chi connectivity index (χ0v) is 8.72. The van der Waals surface area contributed by atoms with Gasteiger partial charge in [-0.2, -0.15) is 13.2 Å². The molecule has 0 aromatic heterocycles. The maximum absolute atomic E-state index is 13.2. The molecule has 6 heteroatoms. The van der Waals surface area contributed by atoms with Crippen LogP contribution in [0.3, 0.4) is 0 Å². The fourth-order valence-corrected chi connectivity index (χ4v) is 1.06. The Morgan fingerprint density at radius 3 is 2.47 bits per heavy atom. The summed E-state index contributed by atoms with van der Waals surface area (Å²) < 4.78 is 54.1. The van der Waals surface area contributed by atoms with Gasteiger partial charge in [-0.15, -0.1) is 0 Å². The number of alkyl halides is 3. The number of esters is 1. The van der Waals surface area contributed by atoms with Crippen molar-refractivity contribution in [3.8, 4) is 0 Å². The van der Waals surface area contributed by atoms with Gasteiger partial charge in [0.1, 0.15) is 5.82 Å². The Labute approximate surface area is 94.5 Å². The maximum atomic E-state index is 13.2. The molecule has 2 nitrogen and oxygen atoms in total. The molecule has 0 atom stereocenters. The molecule has 0 aliphatic heterocycles. The molecule has 1 rings (SSSR count). The van der Waals surface area contributed by atoms with Crippen molar-refractivity contribution in [2.75, 3.05) is 7.11 Å². The SMILES string of the molecule is COC(=O)/C=C/c1ccc(C(F)(F)F)cc1F. The Bertz CT molecular complexity index is 449. The molecule has 0 spiro atoms. The molecule has 0 unspecified atom stereocenters. The quantitative estimate of drug-likeness (QED) is 0.457. The van der Waals surface area contributed by atoms with E-state index in [-0.39, 0.29) is 5.56 Å². The van der Waals surface area contributed by atoms with Gasteiger partial charge in [0, 0.05) is 11.6 Å². The summed E-state index contributed by atoms with van der Waals surface area (Å²) in [5.41, 5.74) is -1.20. The third-order valence-corrected chi connectivity index (χ3v) is 1.93. The van der Waals surface area contributed by atoms with Crippen LogP contribution in [0.15, 0.2) is 24.3 Å². The molecule has 0 N–H and O–H groups in total. The number of halogens is 4. The van der Waals surface area contributed by atoms with Crippen molar-refractivity contribution < 1.29 is 27.1 Å². The lowest BCUT2D eigenvalue weighted by atomic mass is 10.1. The molecule has 17 heavy (non-hydrogen) atoms. The van der Waals surface area contributed by atoms with Crippen molar-refractivity contribution in [2.24, 2.45) is 0 Å². The normalized spacial score (nSPS) is 11.8. The number of methoxy groups -OCH3 is 1. The molecular formula is C11H8F4O2. The average Bonchev–Trinajstić information content (AvgIpc) is 2.25. The monoisotopic (exact) mass is 248 g/mol. The number of hydrogen-bond acceptors (Lipinski definition) is 2. The van der Waals surface area contributed by atoms with Gasteiger partial charge >= 0.3 is 12.1 Å². The first-order chi connectivity index (χ1) is 7.84. The molecule has 0 saturated heterocycles. The first kappa shape index (κ1) is 13.2. The molecule has 0 saturated carbocycles. The van der Waals surface area contributed by atoms with Crippen LogP contribution in [-0.2, 0) is 15.7 Å². The summed E-state index contributed by atoms with van der Waals surface area (Å²) in [6.45, 7) is 0. The molecule has 0 aliphatic carbocycles.